The molecule has 13 heavy (non-hydrogen) atoms. The molecule has 0 spiro atoms. The minimum Gasteiger partial charge on any atom is -0.508 e. The van der Waals surface area contributed by atoms with Gasteiger partial charge in [0.1, 0.15) is 12.5 Å². The Bertz CT molecular complexity index is 199. The van der Waals surface area contributed by atoms with Crippen LogP contribution in [0, 0.1) is 0 Å². The molecule has 72 valence electrons. The second-order valence-electron chi connectivity index (χ2n) is 1.78. The highest BCUT2D eigenvalue weighted by Gasteiger charge is 1.74. The monoisotopic (exact) mass is 244 g/mol. The summed E-state index contributed by atoms with van der Waals surface area (Å²) in [6, 6.07) is 8.71. The lowest BCUT2D eigenvalue weighted by atomic mass is 10.3. The van der Waals surface area contributed by atoms with Gasteiger partial charge in [0.15, 0.2) is 0 Å². The van der Waals surface area contributed by atoms with Gasteiger partial charge >= 0.3 is 0 Å². The van der Waals surface area contributed by atoms with Crippen LogP contribution in [0.1, 0.15) is 0 Å². The molecule has 0 aromatic heterocycles. The normalized spacial score (nSPS) is 6.85. The number of phenols is 1. The molecule has 0 heterocycles. The van der Waals surface area contributed by atoms with Crippen LogP contribution < -0.4 is 0 Å². The molecule has 0 unspecified atom stereocenters. The van der Waals surface area contributed by atoms with Crippen molar-refractivity contribution in [2.75, 3.05) is 5.33 Å². The Morgan fingerprint density at radius 1 is 1.31 bits per heavy atom. The predicted octanol–water partition coefficient (Wildman–Crippen LogP) is 2.77. The van der Waals surface area contributed by atoms with Gasteiger partial charge in [0, 0.05) is 5.33 Å². The van der Waals surface area contributed by atoms with E-state index in [1.807, 2.05) is 12.9 Å². The standard InChI is InChI=1S/C6H6O.C3H5Br.CH2O/c7-6-4-2-1-3-5-6;1-2-3-4;1-2/h1-5,7H;2H,1,3H2;1H2. The van der Waals surface area contributed by atoms with Crippen molar-refractivity contribution in [1.82, 2.24) is 0 Å². The van der Waals surface area contributed by atoms with Crippen LogP contribution in [0.15, 0.2) is 43.0 Å². The van der Waals surface area contributed by atoms with Gasteiger partial charge in [0.25, 0.3) is 0 Å². The Morgan fingerprint density at radius 3 is 1.85 bits per heavy atom. The zero-order valence-corrected chi connectivity index (χ0v) is 8.90. The molecule has 0 saturated carbocycles. The van der Waals surface area contributed by atoms with Crippen molar-refractivity contribution >= 4 is 22.7 Å². The maximum absolute atomic E-state index is 8.63. The summed E-state index contributed by atoms with van der Waals surface area (Å²) < 4.78 is 0. The number of rotatable bonds is 1. The number of benzene rings is 1. The highest BCUT2D eigenvalue weighted by atomic mass is 79.9. The Balaban J connectivity index is 0. The van der Waals surface area contributed by atoms with Gasteiger partial charge in [-0.05, 0) is 12.1 Å². The van der Waals surface area contributed by atoms with Crippen LogP contribution in [-0.2, 0) is 4.79 Å². The van der Waals surface area contributed by atoms with Crippen LogP contribution in [-0.4, -0.2) is 17.2 Å². The van der Waals surface area contributed by atoms with E-state index in [1.54, 1.807) is 30.3 Å². The second kappa shape index (κ2) is 13.5. The van der Waals surface area contributed by atoms with Gasteiger partial charge in [0.05, 0.1) is 0 Å². The Labute approximate surface area is 87.0 Å². The summed E-state index contributed by atoms with van der Waals surface area (Å²) in [5, 5.41) is 9.53. The number of hydrogen-bond donors (Lipinski definition) is 1. The summed E-state index contributed by atoms with van der Waals surface area (Å²) in [5.41, 5.74) is 0. The molecule has 1 rings (SSSR count). The van der Waals surface area contributed by atoms with Crippen molar-refractivity contribution in [3.63, 3.8) is 0 Å². The minimum absolute atomic E-state index is 0.322. The number of allylic oxidation sites excluding steroid dienone is 1. The van der Waals surface area contributed by atoms with E-state index in [-0.39, 0.29) is 0 Å². The van der Waals surface area contributed by atoms with Crippen molar-refractivity contribution in [2.45, 2.75) is 0 Å². The molecule has 0 aliphatic carbocycles. The Morgan fingerprint density at radius 2 is 1.69 bits per heavy atom. The van der Waals surface area contributed by atoms with Gasteiger partial charge in [-0.15, -0.1) is 6.58 Å². The van der Waals surface area contributed by atoms with E-state index in [0.717, 1.165) is 5.33 Å². The van der Waals surface area contributed by atoms with E-state index in [2.05, 4.69) is 22.5 Å². The lowest BCUT2D eigenvalue weighted by Crippen LogP contribution is -1.56. The number of hydrogen-bond acceptors (Lipinski definition) is 2. The van der Waals surface area contributed by atoms with Gasteiger partial charge < -0.3 is 9.90 Å². The molecular formula is C10H13BrO2. The Kier molecular flexibility index (Phi) is 15.0. The summed E-state index contributed by atoms with van der Waals surface area (Å²) in [6.45, 7) is 5.43. The molecule has 1 aromatic rings. The van der Waals surface area contributed by atoms with Crippen molar-refractivity contribution in [3.8, 4) is 5.75 Å². The third kappa shape index (κ3) is 13.8. The van der Waals surface area contributed by atoms with E-state index >= 15 is 0 Å². The average Bonchev–Trinajstić information content (AvgIpc) is 2.22. The van der Waals surface area contributed by atoms with Crippen LogP contribution in [0.3, 0.4) is 0 Å². The third-order valence-corrected chi connectivity index (χ3v) is 1.32. The van der Waals surface area contributed by atoms with E-state index in [4.69, 9.17) is 9.90 Å². The quantitative estimate of drug-likeness (QED) is 0.610. The summed E-state index contributed by atoms with van der Waals surface area (Å²) >= 11 is 3.13. The lowest BCUT2D eigenvalue weighted by Gasteiger charge is -1.82. The molecule has 3 heteroatoms. The molecule has 0 amide bonds. The molecule has 0 aliphatic heterocycles. The van der Waals surface area contributed by atoms with Gasteiger partial charge in [-0.2, -0.15) is 0 Å². The van der Waals surface area contributed by atoms with Crippen LogP contribution in [0.5, 0.6) is 5.75 Å². The summed E-state index contributed by atoms with van der Waals surface area (Å²) in [7, 11) is 0. The molecule has 1 N–H and O–H groups in total. The van der Waals surface area contributed by atoms with E-state index in [0.29, 0.717) is 5.75 Å². The maximum atomic E-state index is 8.63. The average molecular weight is 245 g/mol. The van der Waals surface area contributed by atoms with E-state index in [9.17, 15) is 0 Å². The number of halogens is 1. The number of phenolic OH excluding ortho intramolecular Hbond substituents is 1. The first-order valence-corrected chi connectivity index (χ1v) is 4.63. The van der Waals surface area contributed by atoms with Gasteiger partial charge in [-0.1, -0.05) is 40.2 Å². The summed E-state index contributed by atoms with van der Waals surface area (Å²) in [4.78, 5) is 8.00. The predicted molar refractivity (Wildman–Crippen MR) is 59.2 cm³/mol. The zero-order valence-electron chi connectivity index (χ0n) is 7.32. The topological polar surface area (TPSA) is 37.3 Å². The van der Waals surface area contributed by atoms with Gasteiger partial charge in [0.2, 0.25) is 0 Å². The van der Waals surface area contributed by atoms with Crippen molar-refractivity contribution in [2.24, 2.45) is 0 Å². The SMILES string of the molecule is C=CCBr.C=O.Oc1ccccc1. The maximum Gasteiger partial charge on any atom is 0.115 e. The smallest absolute Gasteiger partial charge is 0.115 e. The molecule has 0 atom stereocenters. The summed E-state index contributed by atoms with van der Waals surface area (Å²) in [6.07, 6.45) is 1.79. The van der Waals surface area contributed by atoms with Crippen LogP contribution in [0.25, 0.3) is 0 Å². The zero-order chi connectivity index (χ0) is 10.5. The van der Waals surface area contributed by atoms with Gasteiger partial charge in [-0.25, -0.2) is 0 Å². The highest BCUT2D eigenvalue weighted by Crippen LogP contribution is 2.02. The number of aromatic hydroxyl groups is 1. The third-order valence-electron chi connectivity index (χ3n) is 0.865. The highest BCUT2D eigenvalue weighted by molar-refractivity contribution is 9.09. The molecule has 0 bridgehead atoms. The number of carbonyl (C=O) groups is 1. The van der Waals surface area contributed by atoms with Gasteiger partial charge in [-0.3, -0.25) is 0 Å². The first-order chi connectivity index (χ1) is 6.31. The molecule has 0 aliphatic rings. The van der Waals surface area contributed by atoms with Crippen LogP contribution in [0.4, 0.5) is 0 Å². The number of alkyl halides is 1. The van der Waals surface area contributed by atoms with Crippen molar-refractivity contribution < 1.29 is 9.90 Å². The molecule has 2 nitrogen and oxygen atoms in total. The molecule has 1 aromatic carbocycles. The largest absolute Gasteiger partial charge is 0.508 e. The first kappa shape index (κ1) is 14.4. The minimum atomic E-state index is 0.322. The summed E-state index contributed by atoms with van der Waals surface area (Å²) in [5.74, 6) is 0.322. The number of carbonyl (C=O) groups excluding carboxylic acids is 1. The van der Waals surface area contributed by atoms with Crippen molar-refractivity contribution in [1.29, 1.82) is 0 Å². The number of para-hydroxylation sites is 1. The lowest BCUT2D eigenvalue weighted by molar-refractivity contribution is -0.0979. The molecule has 0 saturated heterocycles. The fourth-order valence-corrected chi connectivity index (χ4v) is 0.428. The fraction of sp³-hybridized carbons (Fsp3) is 0.100. The first-order valence-electron chi connectivity index (χ1n) is 3.51. The van der Waals surface area contributed by atoms with E-state index < -0.39 is 0 Å². The fourth-order valence-electron chi connectivity index (χ4n) is 0.428. The second-order valence-corrected chi connectivity index (χ2v) is 2.43. The molecular weight excluding hydrogens is 232 g/mol. The molecule has 0 radical (unpaired) electrons. The molecule has 0 fully saturated rings. The van der Waals surface area contributed by atoms with Crippen LogP contribution in [0.2, 0.25) is 0 Å². The van der Waals surface area contributed by atoms with Crippen LogP contribution >= 0.6 is 15.9 Å². The van der Waals surface area contributed by atoms with Crippen molar-refractivity contribution in [3.05, 3.63) is 43.0 Å². The Hall–Kier alpha value is -1.09. The van der Waals surface area contributed by atoms with E-state index in [1.165, 1.54) is 0 Å².